The number of nitrogens with zero attached hydrogens (tertiary/aromatic N) is 3. The molecule has 0 fully saturated rings. The topological polar surface area (TPSA) is 106 Å². The molecule has 0 aromatic carbocycles. The van der Waals surface area contributed by atoms with Crippen molar-refractivity contribution in [1.82, 2.24) is 15.0 Å². The molecule has 0 saturated heterocycles. The fourth-order valence-corrected chi connectivity index (χ4v) is 1.53. The number of anilines is 1. The number of carbonyl (C=O) groups excluding carboxylic acids is 1. The van der Waals surface area contributed by atoms with Crippen LogP contribution in [0.2, 0.25) is 0 Å². The van der Waals surface area contributed by atoms with E-state index in [9.17, 15) is 9.59 Å². The highest BCUT2D eigenvalue weighted by Crippen LogP contribution is 2.17. The summed E-state index contributed by atoms with van der Waals surface area (Å²) >= 11 is 0. The van der Waals surface area contributed by atoms with Crippen LogP contribution in [-0.4, -0.2) is 37.8 Å². The predicted octanol–water partition coefficient (Wildman–Crippen LogP) is 1.91. The first-order chi connectivity index (χ1) is 9.10. The van der Waals surface area contributed by atoms with Crippen molar-refractivity contribution in [3.63, 3.8) is 0 Å². The van der Waals surface area contributed by atoms with Crippen LogP contribution < -0.4 is 5.32 Å². The summed E-state index contributed by atoms with van der Waals surface area (Å²) in [6, 6.07) is -0.885. The number of ether oxygens (including phenoxy) is 1. The standard InChI is InChI=1S/C12H20N4O4/c1-7(2)9(10(17)18)16-13-6-8(15-16)14-11(19)20-12(3,4)5/h6-7,9H,1-5H3,(H,17,18)(H,14,15,19). The van der Waals surface area contributed by atoms with Gasteiger partial charge in [-0.1, -0.05) is 13.8 Å². The minimum absolute atomic E-state index is 0.145. The molecule has 1 atom stereocenters. The maximum atomic E-state index is 11.5. The van der Waals surface area contributed by atoms with Crippen LogP contribution in [0.4, 0.5) is 10.6 Å². The molecular formula is C12H20N4O4. The van der Waals surface area contributed by atoms with Crippen molar-refractivity contribution in [1.29, 1.82) is 0 Å². The fourth-order valence-electron chi connectivity index (χ4n) is 1.53. The molecule has 112 valence electrons. The molecule has 0 aliphatic carbocycles. The van der Waals surface area contributed by atoms with Gasteiger partial charge in [-0.05, 0) is 26.7 Å². The minimum atomic E-state index is -1.03. The number of hydrogen-bond acceptors (Lipinski definition) is 5. The third kappa shape index (κ3) is 4.52. The van der Waals surface area contributed by atoms with E-state index in [-0.39, 0.29) is 11.7 Å². The summed E-state index contributed by atoms with van der Waals surface area (Å²) in [6.07, 6.45) is 0.614. The lowest BCUT2D eigenvalue weighted by Gasteiger charge is -2.19. The van der Waals surface area contributed by atoms with E-state index < -0.39 is 23.7 Å². The number of nitrogens with one attached hydrogen (secondary N) is 1. The van der Waals surface area contributed by atoms with Gasteiger partial charge in [0.1, 0.15) is 5.60 Å². The summed E-state index contributed by atoms with van der Waals surface area (Å²) in [7, 11) is 0. The Hall–Kier alpha value is -2.12. The van der Waals surface area contributed by atoms with Crippen molar-refractivity contribution in [3.8, 4) is 0 Å². The number of carboxylic acids is 1. The Morgan fingerprint density at radius 1 is 1.40 bits per heavy atom. The van der Waals surface area contributed by atoms with Crippen LogP contribution >= 0.6 is 0 Å². The van der Waals surface area contributed by atoms with Crippen molar-refractivity contribution in [2.45, 2.75) is 46.3 Å². The van der Waals surface area contributed by atoms with E-state index in [1.807, 2.05) is 0 Å². The van der Waals surface area contributed by atoms with Gasteiger partial charge in [0.25, 0.3) is 0 Å². The Morgan fingerprint density at radius 3 is 2.45 bits per heavy atom. The summed E-state index contributed by atoms with van der Waals surface area (Å²) in [5.41, 5.74) is -0.623. The highest BCUT2D eigenvalue weighted by atomic mass is 16.6. The van der Waals surface area contributed by atoms with E-state index in [4.69, 9.17) is 9.84 Å². The van der Waals surface area contributed by atoms with E-state index in [1.165, 1.54) is 6.20 Å². The molecule has 0 aliphatic heterocycles. The second kappa shape index (κ2) is 5.89. The maximum absolute atomic E-state index is 11.5. The first-order valence-electron chi connectivity index (χ1n) is 6.25. The van der Waals surface area contributed by atoms with Gasteiger partial charge < -0.3 is 9.84 Å². The summed E-state index contributed by atoms with van der Waals surface area (Å²) in [4.78, 5) is 23.8. The molecule has 1 aromatic rings. The number of aromatic nitrogens is 3. The molecule has 1 heterocycles. The van der Waals surface area contributed by atoms with Gasteiger partial charge >= 0.3 is 12.1 Å². The quantitative estimate of drug-likeness (QED) is 0.874. The lowest BCUT2D eigenvalue weighted by atomic mass is 10.1. The summed E-state index contributed by atoms with van der Waals surface area (Å²) in [5.74, 6) is -1.07. The molecule has 8 nitrogen and oxygen atoms in total. The first kappa shape index (κ1) is 15.9. The smallest absolute Gasteiger partial charge is 0.413 e. The van der Waals surface area contributed by atoms with E-state index >= 15 is 0 Å². The van der Waals surface area contributed by atoms with Crippen LogP contribution in [0.25, 0.3) is 0 Å². The Balaban J connectivity index is 2.77. The molecular weight excluding hydrogens is 264 g/mol. The van der Waals surface area contributed by atoms with Gasteiger partial charge in [0.2, 0.25) is 0 Å². The van der Waals surface area contributed by atoms with Crippen molar-refractivity contribution in [2.75, 3.05) is 5.32 Å². The molecule has 0 spiro atoms. The zero-order chi connectivity index (χ0) is 15.5. The van der Waals surface area contributed by atoms with E-state index in [0.29, 0.717) is 0 Å². The van der Waals surface area contributed by atoms with Crippen LogP contribution in [0.5, 0.6) is 0 Å². The second-order valence-electron chi connectivity index (χ2n) is 5.70. The van der Waals surface area contributed by atoms with Gasteiger partial charge in [-0.25, -0.2) is 9.59 Å². The molecule has 1 aromatic heterocycles. The van der Waals surface area contributed by atoms with E-state index in [1.54, 1.807) is 34.6 Å². The van der Waals surface area contributed by atoms with Crippen LogP contribution in [0.3, 0.4) is 0 Å². The summed E-state index contributed by atoms with van der Waals surface area (Å²) in [5, 5.41) is 19.3. The number of amides is 1. The van der Waals surface area contributed by atoms with Crippen molar-refractivity contribution < 1.29 is 19.4 Å². The van der Waals surface area contributed by atoms with E-state index in [0.717, 1.165) is 4.80 Å². The summed E-state index contributed by atoms with van der Waals surface area (Å²) in [6.45, 7) is 8.72. The average Bonchev–Trinajstić information content (AvgIpc) is 2.61. The van der Waals surface area contributed by atoms with Gasteiger partial charge in [-0.3, -0.25) is 5.32 Å². The minimum Gasteiger partial charge on any atom is -0.480 e. The van der Waals surface area contributed by atoms with Crippen LogP contribution in [-0.2, 0) is 9.53 Å². The predicted molar refractivity (Wildman–Crippen MR) is 71.4 cm³/mol. The molecule has 0 bridgehead atoms. The van der Waals surface area contributed by atoms with Crippen LogP contribution in [0.1, 0.15) is 40.7 Å². The zero-order valence-corrected chi connectivity index (χ0v) is 12.2. The number of aliphatic carboxylic acids is 1. The number of hydrogen-bond donors (Lipinski definition) is 2. The van der Waals surface area contributed by atoms with E-state index in [2.05, 4.69) is 15.5 Å². The normalized spacial score (nSPS) is 13.1. The Labute approximate surface area is 117 Å². The summed E-state index contributed by atoms with van der Waals surface area (Å²) < 4.78 is 5.06. The number of rotatable bonds is 4. The fraction of sp³-hybridized carbons (Fsp3) is 0.667. The van der Waals surface area contributed by atoms with Gasteiger partial charge in [0.05, 0.1) is 6.20 Å². The Bertz CT molecular complexity index is 490. The molecule has 1 rings (SSSR count). The van der Waals surface area contributed by atoms with Gasteiger partial charge in [0, 0.05) is 0 Å². The largest absolute Gasteiger partial charge is 0.480 e. The zero-order valence-electron chi connectivity index (χ0n) is 12.2. The number of carbonyl (C=O) groups is 2. The highest BCUT2D eigenvalue weighted by molar-refractivity contribution is 5.83. The molecule has 2 N–H and O–H groups in total. The van der Waals surface area contributed by atoms with Crippen molar-refractivity contribution in [3.05, 3.63) is 6.20 Å². The van der Waals surface area contributed by atoms with Gasteiger partial charge in [-0.2, -0.15) is 9.90 Å². The third-order valence-electron chi connectivity index (χ3n) is 2.27. The monoisotopic (exact) mass is 284 g/mol. The number of carboxylic acid groups (broad SMARTS) is 1. The Kier molecular flexibility index (Phi) is 4.69. The molecule has 8 heteroatoms. The highest BCUT2D eigenvalue weighted by Gasteiger charge is 2.26. The van der Waals surface area contributed by atoms with Crippen molar-refractivity contribution in [2.24, 2.45) is 5.92 Å². The van der Waals surface area contributed by atoms with Crippen molar-refractivity contribution >= 4 is 17.9 Å². The van der Waals surface area contributed by atoms with Crippen LogP contribution in [0, 0.1) is 5.92 Å². The first-order valence-corrected chi connectivity index (χ1v) is 6.25. The molecule has 0 aliphatic rings. The second-order valence-corrected chi connectivity index (χ2v) is 5.70. The molecule has 20 heavy (non-hydrogen) atoms. The lowest BCUT2D eigenvalue weighted by Crippen LogP contribution is -2.28. The molecule has 0 saturated carbocycles. The SMILES string of the molecule is CC(C)C(C(=O)O)n1ncc(NC(=O)OC(C)(C)C)n1. The average molecular weight is 284 g/mol. The van der Waals surface area contributed by atoms with Crippen LogP contribution in [0.15, 0.2) is 6.20 Å². The molecule has 0 radical (unpaired) electrons. The Morgan fingerprint density at radius 2 is 2.00 bits per heavy atom. The lowest BCUT2D eigenvalue weighted by molar-refractivity contribution is -0.143. The third-order valence-corrected chi connectivity index (χ3v) is 2.27. The maximum Gasteiger partial charge on any atom is 0.413 e. The van der Waals surface area contributed by atoms with Gasteiger partial charge in [-0.15, -0.1) is 5.10 Å². The van der Waals surface area contributed by atoms with Gasteiger partial charge in [0.15, 0.2) is 11.9 Å². The molecule has 1 amide bonds. The molecule has 1 unspecified atom stereocenters.